The first-order valence-electron chi connectivity index (χ1n) is 7.56. The van der Waals surface area contributed by atoms with Gasteiger partial charge >= 0.3 is 0 Å². The van der Waals surface area contributed by atoms with Crippen LogP contribution in [0.1, 0.15) is 23.0 Å². The zero-order chi connectivity index (χ0) is 15.1. The molecular weight excluding hydrogens is 272 g/mol. The molecule has 0 unspecified atom stereocenters. The average Bonchev–Trinajstić information content (AvgIpc) is 2.89. The number of hydrogen-bond acceptors (Lipinski definition) is 2. The monoisotopic (exact) mass is 288 g/mol. The Bertz CT molecular complexity index is 871. The Labute approximate surface area is 129 Å². The molecule has 1 aromatic heterocycles. The van der Waals surface area contributed by atoms with Gasteiger partial charge in [0.25, 0.3) is 5.91 Å². The van der Waals surface area contributed by atoms with Crippen molar-refractivity contribution in [3.63, 3.8) is 0 Å². The van der Waals surface area contributed by atoms with Crippen LogP contribution in [0.25, 0.3) is 22.0 Å². The third-order valence-electron chi connectivity index (χ3n) is 4.25. The minimum atomic E-state index is 0.0922. The van der Waals surface area contributed by atoms with Crippen molar-refractivity contribution >= 4 is 16.8 Å². The van der Waals surface area contributed by atoms with Crippen LogP contribution in [0.5, 0.6) is 0 Å². The van der Waals surface area contributed by atoms with E-state index in [0.29, 0.717) is 13.1 Å². The smallest absolute Gasteiger partial charge is 0.256 e. The summed E-state index contributed by atoms with van der Waals surface area (Å²) in [5, 5.41) is 1.04. The fraction of sp³-hybridized carbons (Fsp3) is 0.158. The number of rotatable bonds is 2. The molecule has 1 aliphatic rings. The highest BCUT2D eigenvalue weighted by Crippen LogP contribution is 2.36. The Morgan fingerprint density at radius 2 is 1.73 bits per heavy atom. The number of hydrogen-bond donors (Lipinski definition) is 0. The van der Waals surface area contributed by atoms with Gasteiger partial charge in [0.15, 0.2) is 0 Å². The van der Waals surface area contributed by atoms with Gasteiger partial charge in [0.1, 0.15) is 0 Å². The molecule has 0 aliphatic carbocycles. The van der Waals surface area contributed by atoms with Crippen LogP contribution >= 0.6 is 0 Å². The molecule has 0 atom stereocenters. The van der Waals surface area contributed by atoms with Crippen LogP contribution in [0.2, 0.25) is 0 Å². The van der Waals surface area contributed by atoms with Crippen molar-refractivity contribution in [2.75, 3.05) is 6.54 Å². The first-order valence-corrected chi connectivity index (χ1v) is 7.56. The first kappa shape index (κ1) is 13.0. The Kier molecular flexibility index (Phi) is 2.93. The van der Waals surface area contributed by atoms with Crippen molar-refractivity contribution in [2.24, 2.45) is 0 Å². The summed E-state index contributed by atoms with van der Waals surface area (Å²) < 4.78 is 0. The molecule has 0 spiro atoms. The van der Waals surface area contributed by atoms with Crippen LogP contribution < -0.4 is 0 Å². The molecule has 0 N–H and O–H groups in total. The summed E-state index contributed by atoms with van der Waals surface area (Å²) in [6.07, 6.45) is 0. The van der Waals surface area contributed by atoms with Crippen LogP contribution in [0.15, 0.2) is 54.6 Å². The van der Waals surface area contributed by atoms with Crippen molar-refractivity contribution in [2.45, 2.75) is 13.5 Å². The predicted molar refractivity (Wildman–Crippen MR) is 87.6 cm³/mol. The number of nitrogens with zero attached hydrogens (tertiary/aromatic N) is 2. The topological polar surface area (TPSA) is 33.2 Å². The molecule has 108 valence electrons. The van der Waals surface area contributed by atoms with Crippen LogP contribution in [0, 0.1) is 0 Å². The second-order valence-corrected chi connectivity index (χ2v) is 5.51. The fourth-order valence-electron chi connectivity index (χ4n) is 3.18. The zero-order valence-corrected chi connectivity index (χ0v) is 12.4. The largest absolute Gasteiger partial charge is 0.333 e. The van der Waals surface area contributed by atoms with E-state index >= 15 is 0 Å². The van der Waals surface area contributed by atoms with Crippen molar-refractivity contribution in [3.8, 4) is 11.1 Å². The lowest BCUT2D eigenvalue weighted by Gasteiger charge is -2.12. The lowest BCUT2D eigenvalue weighted by Crippen LogP contribution is -2.23. The van der Waals surface area contributed by atoms with E-state index in [4.69, 9.17) is 4.98 Å². The summed E-state index contributed by atoms with van der Waals surface area (Å²) in [4.78, 5) is 19.3. The first-order chi connectivity index (χ1) is 10.8. The minimum absolute atomic E-state index is 0.0922. The highest BCUT2D eigenvalue weighted by molar-refractivity contribution is 6.11. The third-order valence-corrected chi connectivity index (χ3v) is 4.25. The average molecular weight is 288 g/mol. The molecular formula is C19H16N2O. The highest BCUT2D eigenvalue weighted by Gasteiger charge is 2.31. The van der Waals surface area contributed by atoms with Gasteiger partial charge in [-0.3, -0.25) is 9.78 Å². The van der Waals surface area contributed by atoms with E-state index < -0.39 is 0 Å². The molecule has 1 aliphatic heterocycles. The van der Waals surface area contributed by atoms with Crippen LogP contribution in [-0.4, -0.2) is 22.3 Å². The highest BCUT2D eigenvalue weighted by atomic mass is 16.2. The van der Waals surface area contributed by atoms with Gasteiger partial charge < -0.3 is 4.90 Å². The van der Waals surface area contributed by atoms with E-state index in [1.165, 1.54) is 0 Å². The lowest BCUT2D eigenvalue weighted by molar-refractivity contribution is 0.0787. The molecule has 4 rings (SSSR count). The molecule has 2 heterocycles. The van der Waals surface area contributed by atoms with Crippen molar-refractivity contribution in [1.29, 1.82) is 0 Å². The third kappa shape index (κ3) is 1.82. The Morgan fingerprint density at radius 3 is 2.50 bits per heavy atom. The van der Waals surface area contributed by atoms with E-state index in [0.717, 1.165) is 33.3 Å². The molecule has 22 heavy (non-hydrogen) atoms. The molecule has 0 bridgehead atoms. The van der Waals surface area contributed by atoms with Gasteiger partial charge in [-0.25, -0.2) is 0 Å². The van der Waals surface area contributed by atoms with Gasteiger partial charge in [0.2, 0.25) is 0 Å². The lowest BCUT2D eigenvalue weighted by atomic mass is 9.95. The number of fused-ring (bicyclic) bond motifs is 2. The van der Waals surface area contributed by atoms with Crippen LogP contribution in [0.4, 0.5) is 0 Å². The van der Waals surface area contributed by atoms with Gasteiger partial charge in [-0.2, -0.15) is 0 Å². The fourth-order valence-corrected chi connectivity index (χ4v) is 3.18. The summed E-state index contributed by atoms with van der Waals surface area (Å²) in [5.74, 6) is 0.0922. The number of carbonyl (C=O) groups excluding carboxylic acids is 1. The SMILES string of the molecule is CCN1Cc2nc3ccccc3c(-c3ccccc3)c2C1=O. The van der Waals surface area contributed by atoms with Gasteiger partial charge in [0.05, 0.1) is 23.3 Å². The maximum absolute atomic E-state index is 12.8. The number of amides is 1. The normalized spacial score (nSPS) is 13.7. The van der Waals surface area contributed by atoms with E-state index in [9.17, 15) is 4.79 Å². The standard InChI is InChI=1S/C19H16N2O/c1-2-21-12-16-18(19(21)22)17(13-8-4-3-5-9-13)14-10-6-7-11-15(14)20-16/h3-11H,2,12H2,1H3. The van der Waals surface area contributed by atoms with E-state index in [1.54, 1.807) is 0 Å². The Hall–Kier alpha value is -2.68. The van der Waals surface area contributed by atoms with Crippen molar-refractivity contribution in [3.05, 3.63) is 65.9 Å². The number of carbonyl (C=O) groups is 1. The summed E-state index contributed by atoms with van der Waals surface area (Å²) in [6.45, 7) is 3.32. The quantitative estimate of drug-likeness (QED) is 0.717. The maximum atomic E-state index is 12.8. The number of benzene rings is 2. The van der Waals surface area contributed by atoms with Gasteiger partial charge in [-0.15, -0.1) is 0 Å². The van der Waals surface area contributed by atoms with Crippen molar-refractivity contribution in [1.82, 2.24) is 9.88 Å². The van der Waals surface area contributed by atoms with Gasteiger partial charge in [-0.1, -0.05) is 48.5 Å². The van der Waals surface area contributed by atoms with Crippen molar-refractivity contribution < 1.29 is 4.79 Å². The molecule has 3 heteroatoms. The van der Waals surface area contributed by atoms with Crippen LogP contribution in [0.3, 0.4) is 0 Å². The molecule has 1 amide bonds. The Morgan fingerprint density at radius 1 is 1.00 bits per heavy atom. The number of para-hydroxylation sites is 1. The summed E-state index contributed by atoms with van der Waals surface area (Å²) in [6, 6.07) is 18.2. The summed E-state index contributed by atoms with van der Waals surface area (Å²) >= 11 is 0. The molecule has 0 saturated carbocycles. The predicted octanol–water partition coefficient (Wildman–Crippen LogP) is 3.88. The molecule has 0 fully saturated rings. The van der Waals surface area contributed by atoms with E-state index in [-0.39, 0.29) is 5.91 Å². The van der Waals surface area contributed by atoms with Gasteiger partial charge in [-0.05, 0) is 18.6 Å². The summed E-state index contributed by atoms with van der Waals surface area (Å²) in [7, 11) is 0. The molecule has 0 saturated heterocycles. The second kappa shape index (κ2) is 4.95. The Balaban J connectivity index is 2.10. The number of pyridine rings is 1. The van der Waals surface area contributed by atoms with Crippen LogP contribution in [-0.2, 0) is 6.54 Å². The van der Waals surface area contributed by atoms with Gasteiger partial charge in [0, 0.05) is 17.5 Å². The van der Waals surface area contributed by atoms with E-state index in [2.05, 4.69) is 12.1 Å². The summed E-state index contributed by atoms with van der Waals surface area (Å²) in [5.41, 5.74) is 4.70. The molecule has 3 aromatic rings. The number of aromatic nitrogens is 1. The van der Waals surface area contributed by atoms with E-state index in [1.807, 2.05) is 54.3 Å². The molecule has 3 nitrogen and oxygen atoms in total. The molecule has 0 radical (unpaired) electrons. The minimum Gasteiger partial charge on any atom is -0.333 e. The molecule has 2 aromatic carbocycles. The maximum Gasteiger partial charge on any atom is 0.256 e. The second-order valence-electron chi connectivity index (χ2n) is 5.51. The zero-order valence-electron chi connectivity index (χ0n) is 12.4.